The predicted molar refractivity (Wildman–Crippen MR) is 66.1 cm³/mol. The Morgan fingerprint density at radius 3 is 3.07 bits per heavy atom. The van der Waals surface area contributed by atoms with Crippen molar-refractivity contribution in [1.82, 2.24) is 10.3 Å². The quantitative estimate of drug-likeness (QED) is 0.851. The highest BCUT2D eigenvalue weighted by Gasteiger charge is 2.23. The molecule has 1 N–H and O–H groups in total. The van der Waals surface area contributed by atoms with Crippen LogP contribution in [0.4, 0.5) is 0 Å². The van der Waals surface area contributed by atoms with Crippen molar-refractivity contribution in [3.05, 3.63) is 30.1 Å². The van der Waals surface area contributed by atoms with E-state index in [0.29, 0.717) is 12.1 Å². The molecule has 2 heterocycles. The summed E-state index contributed by atoms with van der Waals surface area (Å²) < 4.78 is 0. The molecule has 1 aromatic rings. The first-order chi connectivity index (χ1) is 7.25. The van der Waals surface area contributed by atoms with Crippen molar-refractivity contribution in [3.63, 3.8) is 0 Å². The van der Waals surface area contributed by atoms with E-state index in [0.717, 1.165) is 5.25 Å². The zero-order valence-electron chi connectivity index (χ0n) is 9.31. The van der Waals surface area contributed by atoms with Crippen LogP contribution in [-0.2, 0) is 0 Å². The molecule has 1 saturated heterocycles. The lowest BCUT2D eigenvalue weighted by Crippen LogP contribution is -2.31. The summed E-state index contributed by atoms with van der Waals surface area (Å²) in [6.07, 6.45) is 5.06. The van der Waals surface area contributed by atoms with Crippen molar-refractivity contribution in [3.8, 4) is 0 Å². The number of thioether (sulfide) groups is 1. The predicted octanol–water partition coefficient (Wildman–Crippen LogP) is 2.63. The molecule has 1 aromatic heterocycles. The van der Waals surface area contributed by atoms with Gasteiger partial charge in [0, 0.05) is 35.5 Å². The Labute approximate surface area is 95.9 Å². The Morgan fingerprint density at radius 2 is 2.47 bits per heavy atom. The summed E-state index contributed by atoms with van der Waals surface area (Å²) in [5.74, 6) is 1.24. The molecule has 0 amide bonds. The van der Waals surface area contributed by atoms with Crippen LogP contribution in [0.25, 0.3) is 0 Å². The average Bonchev–Trinajstić information content (AvgIpc) is 2.65. The molecule has 0 saturated carbocycles. The van der Waals surface area contributed by atoms with Crippen molar-refractivity contribution in [2.75, 3.05) is 5.75 Å². The van der Waals surface area contributed by atoms with Gasteiger partial charge in [-0.15, -0.1) is 0 Å². The molecule has 82 valence electrons. The number of hydrogen-bond acceptors (Lipinski definition) is 3. The van der Waals surface area contributed by atoms with Gasteiger partial charge in [0.1, 0.15) is 0 Å². The van der Waals surface area contributed by atoms with E-state index in [1.807, 2.05) is 18.5 Å². The van der Waals surface area contributed by atoms with Crippen LogP contribution in [-0.4, -0.2) is 22.0 Å². The monoisotopic (exact) mass is 222 g/mol. The summed E-state index contributed by atoms with van der Waals surface area (Å²) >= 11 is 2.06. The van der Waals surface area contributed by atoms with E-state index in [9.17, 15) is 0 Å². The first-order valence-corrected chi connectivity index (χ1v) is 6.58. The molecule has 15 heavy (non-hydrogen) atoms. The van der Waals surface area contributed by atoms with Crippen LogP contribution in [0.1, 0.15) is 31.9 Å². The standard InChI is InChI=1S/C12H18N2S/c1-9-6-12(8-15-9)14-10(2)11-4-3-5-13-7-11/h3-5,7,9-10,12,14H,6,8H2,1-2H3/t9?,10-,12?/m0/s1. The Hall–Kier alpha value is -0.540. The van der Waals surface area contributed by atoms with Crippen LogP contribution < -0.4 is 5.32 Å². The van der Waals surface area contributed by atoms with Gasteiger partial charge in [-0.05, 0) is 25.0 Å². The fourth-order valence-corrected chi connectivity index (χ4v) is 3.18. The molecule has 1 aliphatic rings. The Balaban J connectivity index is 1.90. The Bertz CT molecular complexity index is 302. The second-order valence-corrected chi connectivity index (χ2v) is 5.72. The summed E-state index contributed by atoms with van der Waals surface area (Å²) in [7, 11) is 0. The third-order valence-corrected chi connectivity index (χ3v) is 4.22. The van der Waals surface area contributed by atoms with Gasteiger partial charge in [0.2, 0.25) is 0 Å². The van der Waals surface area contributed by atoms with Crippen molar-refractivity contribution in [1.29, 1.82) is 0 Å². The van der Waals surface area contributed by atoms with Gasteiger partial charge in [-0.25, -0.2) is 0 Å². The third-order valence-electron chi connectivity index (χ3n) is 2.87. The van der Waals surface area contributed by atoms with Crippen LogP contribution >= 0.6 is 11.8 Å². The van der Waals surface area contributed by atoms with Crippen LogP contribution in [0.15, 0.2) is 24.5 Å². The molecule has 0 spiro atoms. The molecular weight excluding hydrogens is 204 g/mol. The zero-order chi connectivity index (χ0) is 10.7. The first kappa shape index (κ1) is 11.0. The van der Waals surface area contributed by atoms with E-state index >= 15 is 0 Å². The van der Waals surface area contributed by atoms with Crippen molar-refractivity contribution in [2.24, 2.45) is 0 Å². The lowest BCUT2D eigenvalue weighted by Gasteiger charge is -2.18. The van der Waals surface area contributed by atoms with E-state index < -0.39 is 0 Å². The molecule has 0 aliphatic carbocycles. The summed E-state index contributed by atoms with van der Waals surface area (Å²) in [6.45, 7) is 4.52. The molecule has 0 radical (unpaired) electrons. The second kappa shape index (κ2) is 4.99. The van der Waals surface area contributed by atoms with E-state index in [2.05, 4.69) is 42.0 Å². The van der Waals surface area contributed by atoms with Crippen molar-refractivity contribution in [2.45, 2.75) is 37.6 Å². The molecular formula is C12H18N2S. The van der Waals surface area contributed by atoms with Crippen molar-refractivity contribution < 1.29 is 0 Å². The van der Waals surface area contributed by atoms with Crippen molar-refractivity contribution >= 4 is 11.8 Å². The van der Waals surface area contributed by atoms with Crippen LogP contribution in [0.3, 0.4) is 0 Å². The van der Waals surface area contributed by atoms with E-state index in [1.54, 1.807) is 0 Å². The maximum atomic E-state index is 4.15. The number of pyridine rings is 1. The first-order valence-electron chi connectivity index (χ1n) is 5.53. The topological polar surface area (TPSA) is 24.9 Å². The zero-order valence-corrected chi connectivity index (χ0v) is 10.1. The summed E-state index contributed by atoms with van der Waals surface area (Å²) in [5, 5.41) is 4.47. The minimum Gasteiger partial charge on any atom is -0.307 e. The number of nitrogens with zero attached hydrogens (tertiary/aromatic N) is 1. The Morgan fingerprint density at radius 1 is 1.60 bits per heavy atom. The maximum Gasteiger partial charge on any atom is 0.0315 e. The van der Waals surface area contributed by atoms with Crippen LogP contribution in [0.2, 0.25) is 0 Å². The molecule has 2 rings (SSSR count). The molecule has 1 aliphatic heterocycles. The number of rotatable bonds is 3. The van der Waals surface area contributed by atoms with Gasteiger partial charge in [0.25, 0.3) is 0 Å². The summed E-state index contributed by atoms with van der Waals surface area (Å²) in [5.41, 5.74) is 1.28. The molecule has 2 nitrogen and oxygen atoms in total. The number of hydrogen-bond donors (Lipinski definition) is 1. The van der Waals surface area contributed by atoms with Gasteiger partial charge in [0.05, 0.1) is 0 Å². The van der Waals surface area contributed by atoms with Gasteiger partial charge in [0.15, 0.2) is 0 Å². The molecule has 3 atom stereocenters. The smallest absolute Gasteiger partial charge is 0.0315 e. The molecule has 1 fully saturated rings. The molecule has 3 heteroatoms. The SMILES string of the molecule is CC1CC(N[C@@H](C)c2cccnc2)CS1. The Kier molecular flexibility index (Phi) is 3.65. The van der Waals surface area contributed by atoms with E-state index in [-0.39, 0.29) is 0 Å². The molecule has 0 aromatic carbocycles. The van der Waals surface area contributed by atoms with E-state index in [1.165, 1.54) is 17.7 Å². The van der Waals surface area contributed by atoms with Gasteiger partial charge >= 0.3 is 0 Å². The largest absolute Gasteiger partial charge is 0.307 e. The summed E-state index contributed by atoms with van der Waals surface area (Å²) in [6, 6.07) is 5.21. The number of aromatic nitrogens is 1. The van der Waals surface area contributed by atoms with Crippen LogP contribution in [0.5, 0.6) is 0 Å². The lowest BCUT2D eigenvalue weighted by molar-refractivity contribution is 0.473. The van der Waals surface area contributed by atoms with E-state index in [4.69, 9.17) is 0 Å². The highest BCUT2D eigenvalue weighted by atomic mass is 32.2. The fraction of sp³-hybridized carbons (Fsp3) is 0.583. The van der Waals surface area contributed by atoms with Gasteiger partial charge in [-0.1, -0.05) is 13.0 Å². The third kappa shape index (κ3) is 2.95. The van der Waals surface area contributed by atoms with Crippen LogP contribution in [0, 0.1) is 0 Å². The average molecular weight is 222 g/mol. The minimum absolute atomic E-state index is 0.412. The minimum atomic E-state index is 0.412. The van der Waals surface area contributed by atoms with Gasteiger partial charge < -0.3 is 5.32 Å². The molecule has 0 bridgehead atoms. The van der Waals surface area contributed by atoms with Gasteiger partial charge in [-0.2, -0.15) is 11.8 Å². The number of nitrogens with one attached hydrogen (secondary N) is 1. The normalized spacial score (nSPS) is 27.9. The highest BCUT2D eigenvalue weighted by molar-refractivity contribution is 8.00. The summed E-state index contributed by atoms with van der Waals surface area (Å²) in [4.78, 5) is 4.15. The fourth-order valence-electron chi connectivity index (χ4n) is 2.02. The molecule has 2 unspecified atom stereocenters. The lowest BCUT2D eigenvalue weighted by atomic mass is 10.1. The van der Waals surface area contributed by atoms with Gasteiger partial charge in [-0.3, -0.25) is 4.98 Å². The maximum absolute atomic E-state index is 4.15. The highest BCUT2D eigenvalue weighted by Crippen LogP contribution is 2.27. The second-order valence-electron chi connectivity index (χ2n) is 4.25.